The van der Waals surface area contributed by atoms with Gasteiger partial charge in [0.2, 0.25) is 0 Å². The zero-order valence-corrected chi connectivity index (χ0v) is 25.7. The Morgan fingerprint density at radius 1 is 0.571 bits per heavy atom. The third kappa shape index (κ3) is 8.16. The Morgan fingerprint density at radius 3 is 1.69 bits per heavy atom. The van der Waals surface area contributed by atoms with E-state index in [1.165, 1.54) is 12.1 Å². The molecule has 0 fully saturated rings. The molecule has 0 saturated carbocycles. The van der Waals surface area contributed by atoms with Crippen molar-refractivity contribution in [3.63, 3.8) is 0 Å². The number of hydrogen-bond donors (Lipinski definition) is 0. The molecule has 11 heteroatoms. The van der Waals surface area contributed by atoms with Crippen molar-refractivity contribution in [3.8, 4) is 39.1 Å². The van der Waals surface area contributed by atoms with Crippen LogP contribution in [-0.2, 0) is 6.42 Å². The molecule has 0 aliphatic rings. The van der Waals surface area contributed by atoms with Crippen molar-refractivity contribution >= 4 is 6.08 Å². The fourth-order valence-corrected chi connectivity index (χ4v) is 5.23. The second-order valence-electron chi connectivity index (χ2n) is 11.2. The van der Waals surface area contributed by atoms with Crippen molar-refractivity contribution in [2.45, 2.75) is 38.7 Å². The van der Waals surface area contributed by atoms with Gasteiger partial charge in [-0.3, -0.25) is 0 Å². The largest absolute Gasteiger partial charge is 0.429 e. The number of alkyl halides is 2. The van der Waals surface area contributed by atoms with Gasteiger partial charge in [0.25, 0.3) is 0 Å². The van der Waals surface area contributed by atoms with Gasteiger partial charge in [-0.25, -0.2) is 35.1 Å². The van der Waals surface area contributed by atoms with Crippen LogP contribution in [0.15, 0.2) is 84.9 Å². The molecule has 0 aliphatic heterocycles. The van der Waals surface area contributed by atoms with E-state index in [0.29, 0.717) is 17.7 Å². The molecule has 0 bridgehead atoms. The predicted octanol–water partition coefficient (Wildman–Crippen LogP) is 12.2. The number of unbranched alkanes of at least 4 members (excludes halogenated alkanes) is 2. The SMILES string of the molecule is CCCCCc1ccc(-c2ccc(-c3cc(F)c(-c4cc(F)c(/C=C/C(F)(F)Oc5cc(F)c(F)c(F)c5)c(F)c4)c(F)c3)c(F)c2)cc1. The van der Waals surface area contributed by atoms with Crippen LogP contribution in [0.1, 0.15) is 37.3 Å². The van der Waals surface area contributed by atoms with Crippen LogP contribution in [0.5, 0.6) is 5.75 Å². The molecule has 5 rings (SSSR count). The maximum absolute atomic E-state index is 15.3. The average molecular weight is 689 g/mol. The molecule has 0 N–H and O–H groups in total. The van der Waals surface area contributed by atoms with Gasteiger partial charge in [-0.2, -0.15) is 8.78 Å². The number of rotatable bonds is 11. The number of benzene rings is 5. The third-order valence-electron chi connectivity index (χ3n) is 7.70. The molecular weight excluding hydrogens is 662 g/mol. The number of aryl methyl sites for hydroxylation is 1. The molecule has 0 spiro atoms. The summed E-state index contributed by atoms with van der Waals surface area (Å²) < 4.78 is 148. The monoisotopic (exact) mass is 688 g/mol. The van der Waals surface area contributed by atoms with Crippen molar-refractivity contribution in [1.29, 1.82) is 0 Å². The second-order valence-corrected chi connectivity index (χ2v) is 11.2. The minimum Gasteiger partial charge on any atom is -0.429 e. The van der Waals surface area contributed by atoms with E-state index in [2.05, 4.69) is 11.7 Å². The van der Waals surface area contributed by atoms with Crippen LogP contribution in [-0.4, -0.2) is 6.11 Å². The Bertz CT molecular complexity index is 1950. The minimum absolute atomic E-state index is 0.128. The number of halogens is 10. The molecule has 0 unspecified atom stereocenters. The van der Waals surface area contributed by atoms with E-state index in [1.807, 2.05) is 24.3 Å². The lowest BCUT2D eigenvalue weighted by Gasteiger charge is -2.15. The lowest BCUT2D eigenvalue weighted by molar-refractivity contribution is -0.131. The standard InChI is InChI=1S/C38H26F10O/c1-2-3-4-5-21-6-8-22(9-7-21)23-10-11-27(29(39)14-23)24-15-32(42)36(33(43)16-24)25-17-30(40)28(31(41)18-25)12-13-38(47,48)49-26-19-34(44)37(46)35(45)20-26/h6-20H,2-5H2,1H3/b13-12+. The summed E-state index contributed by atoms with van der Waals surface area (Å²) in [6.45, 7) is 2.12. The molecule has 0 heterocycles. The zero-order chi connectivity index (χ0) is 35.5. The summed E-state index contributed by atoms with van der Waals surface area (Å²) in [5.74, 6) is -13.0. The van der Waals surface area contributed by atoms with Crippen LogP contribution < -0.4 is 4.74 Å². The van der Waals surface area contributed by atoms with E-state index in [1.54, 1.807) is 6.07 Å². The summed E-state index contributed by atoms with van der Waals surface area (Å²) in [7, 11) is 0. The molecule has 0 aliphatic carbocycles. The molecule has 5 aromatic carbocycles. The van der Waals surface area contributed by atoms with Crippen molar-refractivity contribution in [2.75, 3.05) is 0 Å². The highest BCUT2D eigenvalue weighted by atomic mass is 19.3. The lowest BCUT2D eigenvalue weighted by Crippen LogP contribution is -2.21. The number of ether oxygens (including phenoxy) is 1. The maximum Gasteiger partial charge on any atom is 0.419 e. The first-order valence-corrected chi connectivity index (χ1v) is 15.0. The highest BCUT2D eigenvalue weighted by molar-refractivity contribution is 5.75. The molecule has 0 radical (unpaired) electrons. The van der Waals surface area contributed by atoms with Gasteiger partial charge in [-0.1, -0.05) is 56.2 Å². The zero-order valence-electron chi connectivity index (χ0n) is 25.7. The van der Waals surface area contributed by atoms with Crippen LogP contribution in [0.3, 0.4) is 0 Å². The summed E-state index contributed by atoms with van der Waals surface area (Å²) in [6.07, 6.45) is -0.0714. The average Bonchev–Trinajstić information content (AvgIpc) is 3.03. The van der Waals surface area contributed by atoms with E-state index in [-0.39, 0.29) is 35.4 Å². The fourth-order valence-electron chi connectivity index (χ4n) is 5.23. The first kappa shape index (κ1) is 35.3. The molecule has 0 atom stereocenters. The van der Waals surface area contributed by atoms with Crippen LogP contribution in [0.4, 0.5) is 43.9 Å². The summed E-state index contributed by atoms with van der Waals surface area (Å²) in [5, 5.41) is 0. The van der Waals surface area contributed by atoms with Crippen LogP contribution in [0, 0.1) is 46.5 Å². The molecule has 1 nitrogen and oxygen atoms in total. The Morgan fingerprint density at radius 2 is 1.12 bits per heavy atom. The molecule has 0 saturated heterocycles. The highest BCUT2D eigenvalue weighted by Gasteiger charge is 2.29. The van der Waals surface area contributed by atoms with E-state index in [0.717, 1.165) is 48.9 Å². The van der Waals surface area contributed by atoms with Crippen molar-refractivity contribution in [3.05, 3.63) is 143 Å². The van der Waals surface area contributed by atoms with Gasteiger partial charge in [0.05, 0.1) is 5.56 Å². The fraction of sp³-hybridized carbons (Fsp3) is 0.158. The van der Waals surface area contributed by atoms with E-state index < -0.39 is 75.1 Å². The second kappa shape index (κ2) is 14.6. The molecule has 254 valence electrons. The minimum atomic E-state index is -4.38. The molecule has 0 aromatic heterocycles. The topological polar surface area (TPSA) is 9.23 Å². The predicted molar refractivity (Wildman–Crippen MR) is 167 cm³/mol. The highest BCUT2D eigenvalue weighted by Crippen LogP contribution is 2.36. The van der Waals surface area contributed by atoms with Crippen LogP contribution >= 0.6 is 0 Å². The van der Waals surface area contributed by atoms with Gasteiger partial charge in [0, 0.05) is 29.3 Å². The summed E-state index contributed by atoms with van der Waals surface area (Å²) >= 11 is 0. The van der Waals surface area contributed by atoms with Crippen LogP contribution in [0.2, 0.25) is 0 Å². The van der Waals surface area contributed by atoms with Crippen molar-refractivity contribution in [2.24, 2.45) is 0 Å². The first-order valence-electron chi connectivity index (χ1n) is 15.0. The molecular formula is C38H26F10O. The molecule has 5 aromatic rings. The van der Waals surface area contributed by atoms with Gasteiger partial charge in [0.1, 0.15) is 34.8 Å². The van der Waals surface area contributed by atoms with Gasteiger partial charge < -0.3 is 4.74 Å². The summed E-state index contributed by atoms with van der Waals surface area (Å²) in [5.41, 5.74) is -0.414. The van der Waals surface area contributed by atoms with Crippen molar-refractivity contribution < 1.29 is 48.6 Å². The van der Waals surface area contributed by atoms with Gasteiger partial charge >= 0.3 is 6.11 Å². The molecule has 49 heavy (non-hydrogen) atoms. The normalized spacial score (nSPS) is 11.8. The summed E-state index contributed by atoms with van der Waals surface area (Å²) in [6, 6.07) is 14.7. The van der Waals surface area contributed by atoms with E-state index in [9.17, 15) is 30.7 Å². The summed E-state index contributed by atoms with van der Waals surface area (Å²) in [4.78, 5) is 0. The Balaban J connectivity index is 1.36. The lowest BCUT2D eigenvalue weighted by atomic mass is 9.95. The Kier molecular flexibility index (Phi) is 10.5. The third-order valence-corrected chi connectivity index (χ3v) is 7.70. The van der Waals surface area contributed by atoms with Gasteiger partial charge in [0.15, 0.2) is 17.5 Å². The number of hydrogen-bond acceptors (Lipinski definition) is 1. The Hall–Kier alpha value is -5.06. The quantitative estimate of drug-likeness (QED) is 0.0763. The van der Waals surface area contributed by atoms with Crippen molar-refractivity contribution in [1.82, 2.24) is 0 Å². The van der Waals surface area contributed by atoms with Gasteiger partial charge in [-0.15, -0.1) is 0 Å². The molecule has 0 amide bonds. The van der Waals surface area contributed by atoms with E-state index >= 15 is 13.2 Å². The maximum atomic E-state index is 15.3. The van der Waals surface area contributed by atoms with E-state index in [4.69, 9.17) is 0 Å². The first-order chi connectivity index (χ1) is 23.3. The van der Waals surface area contributed by atoms with Crippen LogP contribution in [0.25, 0.3) is 39.5 Å². The smallest absolute Gasteiger partial charge is 0.419 e. The van der Waals surface area contributed by atoms with Gasteiger partial charge in [-0.05, 0) is 77.1 Å². The Labute approximate surface area is 275 Å².